The normalized spacial score (nSPS) is 24.2. The number of hydrogen-bond donors (Lipinski definition) is 1. The number of rotatable bonds is 5. The summed E-state index contributed by atoms with van der Waals surface area (Å²) in [5.41, 5.74) is 2.75. The van der Waals surface area contributed by atoms with E-state index in [1.165, 1.54) is 43.6 Å². The first-order valence-electron chi connectivity index (χ1n) is 7.98. The van der Waals surface area contributed by atoms with Crippen molar-refractivity contribution in [2.75, 3.05) is 31.2 Å². The number of ether oxygens (including phenoxy) is 1. The van der Waals surface area contributed by atoms with Crippen LogP contribution in [-0.4, -0.2) is 32.3 Å². The zero-order valence-electron chi connectivity index (χ0n) is 12.5. The molecule has 3 rings (SSSR count). The minimum atomic E-state index is 0.538. The van der Waals surface area contributed by atoms with Crippen LogP contribution in [-0.2, 0) is 11.3 Å². The summed E-state index contributed by atoms with van der Waals surface area (Å²) >= 11 is 0. The highest BCUT2D eigenvalue weighted by molar-refractivity contribution is 5.48. The van der Waals surface area contributed by atoms with E-state index in [1.54, 1.807) is 0 Å². The Morgan fingerprint density at radius 1 is 1.25 bits per heavy atom. The fourth-order valence-electron chi connectivity index (χ4n) is 3.19. The van der Waals surface area contributed by atoms with E-state index in [2.05, 4.69) is 41.4 Å². The molecule has 2 atom stereocenters. The van der Waals surface area contributed by atoms with E-state index in [0.717, 1.165) is 19.8 Å². The van der Waals surface area contributed by atoms with Gasteiger partial charge in [0.05, 0.1) is 6.61 Å². The van der Waals surface area contributed by atoms with Crippen LogP contribution >= 0.6 is 0 Å². The first-order valence-corrected chi connectivity index (χ1v) is 7.98. The Bertz CT molecular complexity index is 406. The van der Waals surface area contributed by atoms with Crippen molar-refractivity contribution in [1.29, 1.82) is 0 Å². The Labute approximate surface area is 122 Å². The van der Waals surface area contributed by atoms with Crippen molar-refractivity contribution >= 4 is 5.69 Å². The highest BCUT2D eigenvalue weighted by Crippen LogP contribution is 2.21. The quantitative estimate of drug-likeness (QED) is 0.893. The zero-order valence-corrected chi connectivity index (χ0v) is 12.5. The van der Waals surface area contributed by atoms with Gasteiger partial charge in [0.15, 0.2) is 0 Å². The number of benzene rings is 1. The van der Waals surface area contributed by atoms with Crippen molar-refractivity contribution < 1.29 is 4.74 Å². The van der Waals surface area contributed by atoms with Gasteiger partial charge < -0.3 is 15.0 Å². The van der Waals surface area contributed by atoms with Crippen LogP contribution in [0.5, 0.6) is 0 Å². The molecule has 0 radical (unpaired) electrons. The van der Waals surface area contributed by atoms with Gasteiger partial charge in [-0.1, -0.05) is 12.1 Å². The Morgan fingerprint density at radius 2 is 2.00 bits per heavy atom. The van der Waals surface area contributed by atoms with Gasteiger partial charge in [-0.2, -0.15) is 0 Å². The van der Waals surface area contributed by atoms with E-state index in [1.807, 2.05) is 0 Å². The Hall–Kier alpha value is -1.06. The molecule has 20 heavy (non-hydrogen) atoms. The highest BCUT2D eigenvalue weighted by atomic mass is 16.5. The van der Waals surface area contributed by atoms with Gasteiger partial charge in [0.2, 0.25) is 0 Å². The van der Waals surface area contributed by atoms with Crippen LogP contribution in [0.15, 0.2) is 24.3 Å². The van der Waals surface area contributed by atoms with Crippen LogP contribution in [0.3, 0.4) is 0 Å². The second-order valence-corrected chi connectivity index (χ2v) is 6.15. The second kappa shape index (κ2) is 6.59. The Morgan fingerprint density at radius 3 is 2.65 bits per heavy atom. The Kier molecular flexibility index (Phi) is 4.58. The average molecular weight is 274 g/mol. The van der Waals surface area contributed by atoms with Gasteiger partial charge in [-0.3, -0.25) is 0 Å². The molecule has 2 fully saturated rings. The van der Waals surface area contributed by atoms with E-state index < -0.39 is 0 Å². The predicted molar refractivity (Wildman–Crippen MR) is 83.1 cm³/mol. The van der Waals surface area contributed by atoms with E-state index in [-0.39, 0.29) is 0 Å². The molecule has 1 N–H and O–H groups in total. The minimum Gasteiger partial charge on any atom is -0.381 e. The largest absolute Gasteiger partial charge is 0.381 e. The van der Waals surface area contributed by atoms with E-state index in [4.69, 9.17) is 4.74 Å². The van der Waals surface area contributed by atoms with Crippen LogP contribution < -0.4 is 10.2 Å². The monoisotopic (exact) mass is 274 g/mol. The van der Waals surface area contributed by atoms with Crippen molar-refractivity contribution in [2.45, 2.75) is 38.8 Å². The third-order valence-corrected chi connectivity index (χ3v) is 4.71. The molecule has 2 unspecified atom stereocenters. The first kappa shape index (κ1) is 13.9. The minimum absolute atomic E-state index is 0.538. The Balaban J connectivity index is 1.50. The maximum atomic E-state index is 5.46. The van der Waals surface area contributed by atoms with Gasteiger partial charge >= 0.3 is 0 Å². The second-order valence-electron chi connectivity index (χ2n) is 6.15. The summed E-state index contributed by atoms with van der Waals surface area (Å²) in [6, 6.07) is 9.60. The summed E-state index contributed by atoms with van der Waals surface area (Å²) in [6.07, 6.45) is 3.87. The van der Waals surface area contributed by atoms with E-state index in [0.29, 0.717) is 12.0 Å². The van der Waals surface area contributed by atoms with Crippen LogP contribution in [0.4, 0.5) is 5.69 Å². The van der Waals surface area contributed by atoms with Gasteiger partial charge in [0.25, 0.3) is 0 Å². The van der Waals surface area contributed by atoms with Gasteiger partial charge in [0, 0.05) is 38.0 Å². The summed E-state index contributed by atoms with van der Waals surface area (Å²) in [5, 5.41) is 3.64. The SMILES string of the molecule is CC(NCc1ccc(N2CCCC2)cc1)C1CCOC1. The summed E-state index contributed by atoms with van der Waals surface area (Å²) in [4.78, 5) is 2.48. The van der Waals surface area contributed by atoms with Gasteiger partial charge in [-0.05, 0) is 49.8 Å². The molecule has 2 aliphatic rings. The number of nitrogens with one attached hydrogen (secondary N) is 1. The molecular formula is C17H26N2O. The van der Waals surface area contributed by atoms with Gasteiger partial charge in [-0.25, -0.2) is 0 Å². The molecule has 2 heterocycles. The molecule has 0 amide bonds. The smallest absolute Gasteiger partial charge is 0.0509 e. The number of hydrogen-bond acceptors (Lipinski definition) is 3. The number of anilines is 1. The lowest BCUT2D eigenvalue weighted by atomic mass is 10.0. The molecule has 1 aromatic rings. The molecular weight excluding hydrogens is 248 g/mol. The fourth-order valence-corrected chi connectivity index (χ4v) is 3.19. The molecule has 0 bridgehead atoms. The van der Waals surface area contributed by atoms with Crippen LogP contribution in [0, 0.1) is 5.92 Å². The topological polar surface area (TPSA) is 24.5 Å². The van der Waals surface area contributed by atoms with Gasteiger partial charge in [-0.15, -0.1) is 0 Å². The summed E-state index contributed by atoms with van der Waals surface area (Å²) in [5.74, 6) is 0.680. The predicted octanol–water partition coefficient (Wildman–Crippen LogP) is 2.80. The van der Waals surface area contributed by atoms with E-state index >= 15 is 0 Å². The van der Waals surface area contributed by atoms with Crippen LogP contribution in [0.2, 0.25) is 0 Å². The standard InChI is InChI=1S/C17H26N2O/c1-14(16-8-11-20-13-16)18-12-15-4-6-17(7-5-15)19-9-2-3-10-19/h4-7,14,16,18H,2-3,8-13H2,1H3. The third-order valence-electron chi connectivity index (χ3n) is 4.71. The van der Waals surface area contributed by atoms with E-state index in [9.17, 15) is 0 Å². The number of nitrogens with zero attached hydrogens (tertiary/aromatic N) is 1. The molecule has 0 saturated carbocycles. The maximum Gasteiger partial charge on any atom is 0.0509 e. The van der Waals surface area contributed by atoms with Crippen LogP contribution in [0.1, 0.15) is 31.7 Å². The molecule has 2 saturated heterocycles. The summed E-state index contributed by atoms with van der Waals surface area (Å²) in [7, 11) is 0. The molecule has 110 valence electrons. The van der Waals surface area contributed by atoms with Gasteiger partial charge in [0.1, 0.15) is 0 Å². The lowest BCUT2D eigenvalue weighted by Crippen LogP contribution is -2.33. The maximum absolute atomic E-state index is 5.46. The molecule has 0 aromatic heterocycles. The molecule has 2 aliphatic heterocycles. The lowest BCUT2D eigenvalue weighted by molar-refractivity contribution is 0.178. The zero-order chi connectivity index (χ0) is 13.8. The van der Waals surface area contributed by atoms with Crippen molar-refractivity contribution in [2.24, 2.45) is 5.92 Å². The van der Waals surface area contributed by atoms with Crippen LogP contribution in [0.25, 0.3) is 0 Å². The molecule has 0 spiro atoms. The fraction of sp³-hybridized carbons (Fsp3) is 0.647. The first-order chi connectivity index (χ1) is 9.83. The third kappa shape index (κ3) is 3.33. The molecule has 1 aromatic carbocycles. The summed E-state index contributed by atoms with van der Waals surface area (Å²) < 4.78 is 5.46. The lowest BCUT2D eigenvalue weighted by Gasteiger charge is -2.20. The van der Waals surface area contributed by atoms with Crippen molar-refractivity contribution in [3.63, 3.8) is 0 Å². The van der Waals surface area contributed by atoms with Crippen molar-refractivity contribution in [3.8, 4) is 0 Å². The summed E-state index contributed by atoms with van der Waals surface area (Å²) in [6.45, 7) is 7.52. The van der Waals surface area contributed by atoms with Crippen molar-refractivity contribution in [1.82, 2.24) is 5.32 Å². The van der Waals surface area contributed by atoms with Crippen molar-refractivity contribution in [3.05, 3.63) is 29.8 Å². The molecule has 3 heteroatoms. The average Bonchev–Trinajstić information content (AvgIpc) is 3.18. The highest BCUT2D eigenvalue weighted by Gasteiger charge is 2.21. The molecule has 3 nitrogen and oxygen atoms in total. The molecule has 0 aliphatic carbocycles.